The molecule has 4 rings (SSSR count). The minimum absolute atomic E-state index is 0.186. The van der Waals surface area contributed by atoms with Crippen LogP contribution in [-0.2, 0) is 0 Å². The third-order valence-corrected chi connectivity index (χ3v) is 4.42. The Labute approximate surface area is 153 Å². The highest BCUT2D eigenvalue weighted by atomic mass is 19.1. The van der Waals surface area contributed by atoms with E-state index < -0.39 is 5.82 Å². The molecule has 0 unspecified atom stereocenters. The summed E-state index contributed by atoms with van der Waals surface area (Å²) in [5.41, 5.74) is 0.487. The van der Waals surface area contributed by atoms with E-state index in [1.165, 1.54) is 30.5 Å². The topological polar surface area (TPSA) is 79.8 Å². The highest BCUT2D eigenvalue weighted by Gasteiger charge is 2.27. The van der Waals surface area contributed by atoms with Crippen LogP contribution in [0.15, 0.2) is 57.7 Å². The number of hydrogen-bond donors (Lipinski definition) is 0. The van der Waals surface area contributed by atoms with Crippen LogP contribution in [0.1, 0.15) is 20.8 Å². The van der Waals surface area contributed by atoms with Crippen molar-refractivity contribution in [3.8, 4) is 11.5 Å². The summed E-state index contributed by atoms with van der Waals surface area (Å²) < 4.78 is 23.7. The van der Waals surface area contributed by atoms with Crippen molar-refractivity contribution >= 4 is 11.8 Å². The molecule has 1 aromatic carbocycles. The molecule has 2 amide bonds. The van der Waals surface area contributed by atoms with E-state index in [9.17, 15) is 14.0 Å². The Balaban J connectivity index is 1.39. The van der Waals surface area contributed by atoms with E-state index in [1.807, 2.05) is 0 Å². The Morgan fingerprint density at radius 1 is 0.926 bits per heavy atom. The summed E-state index contributed by atoms with van der Waals surface area (Å²) >= 11 is 0. The molecule has 0 spiro atoms. The minimum atomic E-state index is -0.451. The van der Waals surface area contributed by atoms with E-state index in [2.05, 4.69) is 5.16 Å². The molecule has 0 radical (unpaired) electrons. The number of amides is 2. The van der Waals surface area contributed by atoms with Gasteiger partial charge in [0.05, 0.1) is 6.26 Å². The van der Waals surface area contributed by atoms with E-state index in [4.69, 9.17) is 8.94 Å². The summed E-state index contributed by atoms with van der Waals surface area (Å²) in [5.74, 6) is -0.0964. The predicted molar refractivity (Wildman–Crippen MR) is 92.4 cm³/mol. The Bertz CT molecular complexity index is 959. The maximum Gasteiger partial charge on any atom is 0.276 e. The lowest BCUT2D eigenvalue weighted by Crippen LogP contribution is -2.50. The van der Waals surface area contributed by atoms with Crippen LogP contribution in [-0.4, -0.2) is 52.9 Å². The van der Waals surface area contributed by atoms with Gasteiger partial charge in [0.15, 0.2) is 11.5 Å². The normalized spacial score (nSPS) is 14.4. The molecule has 0 aliphatic carbocycles. The molecule has 1 saturated heterocycles. The third kappa shape index (κ3) is 3.46. The van der Waals surface area contributed by atoms with Crippen molar-refractivity contribution in [2.75, 3.05) is 26.2 Å². The third-order valence-electron chi connectivity index (χ3n) is 4.42. The van der Waals surface area contributed by atoms with Crippen molar-refractivity contribution in [1.29, 1.82) is 0 Å². The fraction of sp³-hybridized carbons (Fsp3) is 0.211. The largest absolute Gasteiger partial charge is 0.461 e. The first-order valence-electron chi connectivity index (χ1n) is 8.46. The summed E-state index contributed by atoms with van der Waals surface area (Å²) in [6, 6.07) is 10.6. The summed E-state index contributed by atoms with van der Waals surface area (Å²) in [6.07, 6.45) is 1.51. The first kappa shape index (κ1) is 17.0. The van der Waals surface area contributed by atoms with Gasteiger partial charge in [0, 0.05) is 37.8 Å². The van der Waals surface area contributed by atoms with E-state index in [0.717, 1.165) is 0 Å². The van der Waals surface area contributed by atoms with Crippen molar-refractivity contribution in [2.24, 2.45) is 0 Å². The predicted octanol–water partition coefficient (Wildman–Crippen LogP) is 2.67. The number of carbonyl (C=O) groups excluding carboxylic acids is 2. The number of rotatable bonds is 3. The Morgan fingerprint density at radius 3 is 2.33 bits per heavy atom. The molecule has 0 N–H and O–H groups in total. The summed E-state index contributed by atoms with van der Waals surface area (Å²) in [5, 5.41) is 3.81. The van der Waals surface area contributed by atoms with Gasteiger partial charge in [0.25, 0.3) is 11.8 Å². The fourth-order valence-corrected chi connectivity index (χ4v) is 2.99. The number of halogens is 1. The van der Waals surface area contributed by atoms with Crippen molar-refractivity contribution in [2.45, 2.75) is 0 Å². The average molecular weight is 369 g/mol. The van der Waals surface area contributed by atoms with Crippen LogP contribution in [0.2, 0.25) is 0 Å². The van der Waals surface area contributed by atoms with Crippen LogP contribution in [0.4, 0.5) is 4.39 Å². The SMILES string of the molecule is O=C(c1cccc(F)c1)N1CCN(C(=O)c2cc(-c3ccco3)on2)CC1. The molecule has 1 aliphatic rings. The zero-order valence-electron chi connectivity index (χ0n) is 14.3. The molecule has 7 nitrogen and oxygen atoms in total. The van der Waals surface area contributed by atoms with Gasteiger partial charge in [-0.25, -0.2) is 4.39 Å². The van der Waals surface area contributed by atoms with Crippen LogP contribution in [0.3, 0.4) is 0 Å². The molecule has 1 aliphatic heterocycles. The number of piperazine rings is 1. The molecule has 0 bridgehead atoms. The van der Waals surface area contributed by atoms with Crippen molar-refractivity contribution in [3.63, 3.8) is 0 Å². The van der Waals surface area contributed by atoms with Crippen LogP contribution >= 0.6 is 0 Å². The van der Waals surface area contributed by atoms with E-state index in [1.54, 1.807) is 28.0 Å². The van der Waals surface area contributed by atoms with Gasteiger partial charge in [-0.05, 0) is 30.3 Å². The van der Waals surface area contributed by atoms with Crippen LogP contribution in [0.25, 0.3) is 11.5 Å². The first-order chi connectivity index (χ1) is 13.1. The highest BCUT2D eigenvalue weighted by molar-refractivity contribution is 5.95. The maximum atomic E-state index is 13.3. The van der Waals surface area contributed by atoms with E-state index >= 15 is 0 Å². The second-order valence-corrected chi connectivity index (χ2v) is 6.15. The standard InChI is InChI=1S/C19H16FN3O4/c20-14-4-1-3-13(11-14)18(24)22-6-8-23(9-7-22)19(25)15-12-17(27-21-15)16-5-2-10-26-16/h1-5,10-12H,6-9H2. The molecule has 8 heteroatoms. The lowest BCUT2D eigenvalue weighted by atomic mass is 10.1. The van der Waals surface area contributed by atoms with Crippen LogP contribution in [0, 0.1) is 5.82 Å². The zero-order valence-corrected chi connectivity index (χ0v) is 14.3. The van der Waals surface area contributed by atoms with Gasteiger partial charge in [0.2, 0.25) is 5.76 Å². The number of nitrogens with zero attached hydrogens (tertiary/aromatic N) is 3. The maximum absolute atomic E-state index is 13.3. The lowest BCUT2D eigenvalue weighted by Gasteiger charge is -2.34. The Kier molecular flexibility index (Phi) is 4.45. The first-order valence-corrected chi connectivity index (χ1v) is 8.46. The van der Waals surface area contributed by atoms with E-state index in [0.29, 0.717) is 43.3 Å². The monoisotopic (exact) mass is 369 g/mol. The quantitative estimate of drug-likeness (QED) is 0.709. The van der Waals surface area contributed by atoms with Gasteiger partial charge in [-0.1, -0.05) is 11.2 Å². The second kappa shape index (κ2) is 7.06. The van der Waals surface area contributed by atoms with Crippen LogP contribution in [0.5, 0.6) is 0 Å². The molecular weight excluding hydrogens is 353 g/mol. The summed E-state index contributed by atoms with van der Waals surface area (Å²) in [7, 11) is 0. The molecule has 1 fully saturated rings. The highest BCUT2D eigenvalue weighted by Crippen LogP contribution is 2.21. The number of carbonyl (C=O) groups is 2. The number of furan rings is 1. The molecule has 3 aromatic rings. The molecule has 27 heavy (non-hydrogen) atoms. The summed E-state index contributed by atoms with van der Waals surface area (Å²) in [4.78, 5) is 28.3. The zero-order chi connectivity index (χ0) is 18.8. The smallest absolute Gasteiger partial charge is 0.276 e. The van der Waals surface area contributed by atoms with E-state index in [-0.39, 0.29) is 17.5 Å². The minimum Gasteiger partial charge on any atom is -0.461 e. The molecule has 0 atom stereocenters. The van der Waals surface area contributed by atoms with Crippen molar-refractivity contribution in [1.82, 2.24) is 15.0 Å². The number of aromatic nitrogens is 1. The van der Waals surface area contributed by atoms with Gasteiger partial charge in [0.1, 0.15) is 5.82 Å². The van der Waals surface area contributed by atoms with Gasteiger partial charge >= 0.3 is 0 Å². The number of benzene rings is 1. The Morgan fingerprint density at radius 2 is 1.67 bits per heavy atom. The van der Waals surface area contributed by atoms with Gasteiger partial charge in [-0.15, -0.1) is 0 Å². The Hall–Kier alpha value is -3.42. The van der Waals surface area contributed by atoms with Crippen molar-refractivity contribution < 1.29 is 22.9 Å². The lowest BCUT2D eigenvalue weighted by molar-refractivity contribution is 0.0529. The fourth-order valence-electron chi connectivity index (χ4n) is 2.99. The molecule has 138 valence electrons. The molecule has 2 aromatic heterocycles. The van der Waals surface area contributed by atoms with Gasteiger partial charge in [-0.2, -0.15) is 0 Å². The van der Waals surface area contributed by atoms with Crippen LogP contribution < -0.4 is 0 Å². The van der Waals surface area contributed by atoms with Gasteiger partial charge < -0.3 is 18.7 Å². The van der Waals surface area contributed by atoms with Gasteiger partial charge in [-0.3, -0.25) is 9.59 Å². The number of hydrogen-bond acceptors (Lipinski definition) is 5. The average Bonchev–Trinajstić information content (AvgIpc) is 3.38. The molecule has 0 saturated carbocycles. The summed E-state index contributed by atoms with van der Waals surface area (Å²) in [6.45, 7) is 1.46. The van der Waals surface area contributed by atoms with Crippen molar-refractivity contribution in [3.05, 3.63) is 65.8 Å². The molecule has 3 heterocycles. The molecular formula is C19H16FN3O4. The second-order valence-electron chi connectivity index (χ2n) is 6.15.